The molecule has 2 N–H and O–H groups in total. The van der Waals surface area contributed by atoms with Gasteiger partial charge in [0.2, 0.25) is 0 Å². The second-order valence-corrected chi connectivity index (χ2v) is 5.19. The Bertz CT molecular complexity index is 566. The van der Waals surface area contributed by atoms with Crippen molar-refractivity contribution >= 4 is 23.0 Å². The van der Waals surface area contributed by atoms with Crippen LogP contribution in [0.4, 0.5) is 5.69 Å². The van der Waals surface area contributed by atoms with Gasteiger partial charge in [-0.25, -0.2) is 0 Å². The van der Waals surface area contributed by atoms with E-state index in [1.165, 1.54) is 11.1 Å². The van der Waals surface area contributed by atoms with E-state index < -0.39 is 0 Å². The number of benzene rings is 2. The number of thiocarbonyl (C=S) groups is 1. The van der Waals surface area contributed by atoms with Crippen LogP contribution < -0.4 is 10.6 Å². The first-order valence-electron chi connectivity index (χ1n) is 6.88. The minimum absolute atomic E-state index is 0.236. The zero-order valence-electron chi connectivity index (χ0n) is 11.9. The molecule has 3 heteroatoms. The minimum Gasteiger partial charge on any atom is -0.356 e. The van der Waals surface area contributed by atoms with Gasteiger partial charge in [-0.05, 0) is 48.8 Å². The van der Waals surface area contributed by atoms with Crippen LogP contribution in [0.25, 0.3) is 0 Å². The number of hydrogen-bond donors (Lipinski definition) is 2. The summed E-state index contributed by atoms with van der Waals surface area (Å²) in [5, 5.41) is 7.27. The Kier molecular flexibility index (Phi) is 5.13. The van der Waals surface area contributed by atoms with Gasteiger partial charge in [-0.15, -0.1) is 0 Å². The first-order chi connectivity index (χ1) is 9.70. The molecule has 2 aromatic carbocycles. The van der Waals surface area contributed by atoms with Crippen LogP contribution in [0.2, 0.25) is 0 Å². The van der Waals surface area contributed by atoms with Gasteiger partial charge in [0, 0.05) is 5.69 Å². The molecule has 2 nitrogen and oxygen atoms in total. The van der Waals surface area contributed by atoms with E-state index in [4.69, 9.17) is 12.2 Å². The molecule has 0 heterocycles. The second kappa shape index (κ2) is 7.06. The van der Waals surface area contributed by atoms with Crippen LogP contribution in [-0.2, 0) is 0 Å². The average Bonchev–Trinajstić information content (AvgIpc) is 2.46. The molecule has 0 bridgehead atoms. The molecule has 0 spiro atoms. The molecular weight excluding hydrogens is 264 g/mol. The highest BCUT2D eigenvalue weighted by Gasteiger charge is 2.12. The highest BCUT2D eigenvalue weighted by Crippen LogP contribution is 2.20. The van der Waals surface area contributed by atoms with Crippen LogP contribution >= 0.6 is 12.2 Å². The topological polar surface area (TPSA) is 24.1 Å². The van der Waals surface area contributed by atoms with E-state index in [1.807, 2.05) is 30.3 Å². The molecule has 104 valence electrons. The lowest BCUT2D eigenvalue weighted by atomic mass is 10.00. The molecule has 0 aliphatic carbocycles. The number of rotatable bonds is 4. The highest BCUT2D eigenvalue weighted by molar-refractivity contribution is 7.80. The fourth-order valence-corrected chi connectivity index (χ4v) is 2.48. The van der Waals surface area contributed by atoms with Crippen LogP contribution in [0.1, 0.15) is 30.5 Å². The molecule has 0 radical (unpaired) electrons. The summed E-state index contributed by atoms with van der Waals surface area (Å²) in [5.74, 6) is 0. The van der Waals surface area contributed by atoms with Crippen LogP contribution in [0.15, 0.2) is 54.6 Å². The average molecular weight is 284 g/mol. The molecule has 0 aromatic heterocycles. The lowest BCUT2D eigenvalue weighted by Gasteiger charge is -2.21. The Labute approximate surface area is 126 Å². The van der Waals surface area contributed by atoms with Crippen molar-refractivity contribution in [2.75, 3.05) is 5.32 Å². The van der Waals surface area contributed by atoms with Crippen molar-refractivity contribution in [1.29, 1.82) is 0 Å². The first-order valence-corrected chi connectivity index (χ1v) is 7.29. The third kappa shape index (κ3) is 3.81. The predicted octanol–water partition coefficient (Wildman–Crippen LogP) is 4.43. The largest absolute Gasteiger partial charge is 0.356 e. The zero-order valence-corrected chi connectivity index (χ0v) is 12.7. The van der Waals surface area contributed by atoms with E-state index in [1.54, 1.807) is 0 Å². The number of para-hydroxylation sites is 1. The van der Waals surface area contributed by atoms with Crippen LogP contribution in [0.3, 0.4) is 0 Å². The molecule has 0 fully saturated rings. The summed E-state index contributed by atoms with van der Waals surface area (Å²) >= 11 is 5.40. The van der Waals surface area contributed by atoms with Crippen LogP contribution in [0, 0.1) is 6.92 Å². The SMILES string of the molecule is CC[C@H](NC(=S)Nc1ccccc1)c1ccccc1C. The van der Waals surface area contributed by atoms with Crippen LogP contribution in [0.5, 0.6) is 0 Å². The van der Waals surface area contributed by atoms with Crippen molar-refractivity contribution in [1.82, 2.24) is 5.32 Å². The smallest absolute Gasteiger partial charge is 0.171 e. The maximum atomic E-state index is 5.40. The maximum Gasteiger partial charge on any atom is 0.171 e. The number of aryl methyl sites for hydroxylation is 1. The molecule has 0 aliphatic heterocycles. The number of anilines is 1. The monoisotopic (exact) mass is 284 g/mol. The van der Waals surface area contributed by atoms with Gasteiger partial charge in [0.1, 0.15) is 0 Å². The molecule has 0 aliphatic rings. The Morgan fingerprint density at radius 3 is 2.35 bits per heavy atom. The molecular formula is C17H20N2S. The Morgan fingerprint density at radius 2 is 1.70 bits per heavy atom. The Hall–Kier alpha value is -1.87. The van der Waals surface area contributed by atoms with Crippen molar-refractivity contribution in [3.63, 3.8) is 0 Å². The van der Waals surface area contributed by atoms with Gasteiger partial charge < -0.3 is 10.6 Å². The third-order valence-electron chi connectivity index (χ3n) is 3.31. The van der Waals surface area contributed by atoms with Gasteiger partial charge in [0.15, 0.2) is 5.11 Å². The molecule has 0 saturated heterocycles. The van der Waals surface area contributed by atoms with Crippen molar-refractivity contribution < 1.29 is 0 Å². The zero-order chi connectivity index (χ0) is 14.4. The van der Waals surface area contributed by atoms with E-state index in [2.05, 4.69) is 48.7 Å². The van der Waals surface area contributed by atoms with Gasteiger partial charge in [-0.3, -0.25) is 0 Å². The van der Waals surface area contributed by atoms with Gasteiger partial charge in [0.05, 0.1) is 6.04 Å². The number of hydrogen-bond acceptors (Lipinski definition) is 1. The van der Waals surface area contributed by atoms with Crippen molar-refractivity contribution in [2.24, 2.45) is 0 Å². The maximum absolute atomic E-state index is 5.40. The highest BCUT2D eigenvalue weighted by atomic mass is 32.1. The molecule has 0 saturated carbocycles. The first kappa shape index (κ1) is 14.5. The molecule has 2 rings (SSSR count). The van der Waals surface area contributed by atoms with E-state index in [0.29, 0.717) is 5.11 Å². The summed E-state index contributed by atoms with van der Waals surface area (Å²) in [5.41, 5.74) is 3.59. The summed E-state index contributed by atoms with van der Waals surface area (Å²) in [6.07, 6.45) is 0.988. The molecule has 0 unspecified atom stereocenters. The second-order valence-electron chi connectivity index (χ2n) is 4.78. The van der Waals surface area contributed by atoms with Gasteiger partial charge >= 0.3 is 0 Å². The van der Waals surface area contributed by atoms with Crippen LogP contribution in [-0.4, -0.2) is 5.11 Å². The summed E-state index contributed by atoms with van der Waals surface area (Å²) < 4.78 is 0. The lowest BCUT2D eigenvalue weighted by molar-refractivity contribution is 0.625. The lowest BCUT2D eigenvalue weighted by Crippen LogP contribution is -2.32. The van der Waals surface area contributed by atoms with Crippen molar-refractivity contribution in [3.05, 3.63) is 65.7 Å². The Balaban J connectivity index is 2.04. The molecule has 2 aromatic rings. The third-order valence-corrected chi connectivity index (χ3v) is 3.53. The van der Waals surface area contributed by atoms with E-state index >= 15 is 0 Å². The quantitative estimate of drug-likeness (QED) is 0.812. The van der Waals surface area contributed by atoms with Gasteiger partial charge in [-0.2, -0.15) is 0 Å². The summed E-state index contributed by atoms with van der Waals surface area (Å²) in [4.78, 5) is 0. The Morgan fingerprint density at radius 1 is 1.05 bits per heavy atom. The van der Waals surface area contributed by atoms with Crippen molar-refractivity contribution in [2.45, 2.75) is 26.3 Å². The fourth-order valence-electron chi connectivity index (χ4n) is 2.22. The molecule has 1 atom stereocenters. The standard InChI is InChI=1S/C17H20N2S/c1-3-16(15-12-8-7-9-13(15)2)19-17(20)18-14-10-5-4-6-11-14/h4-12,16H,3H2,1-2H3,(H2,18,19,20)/t16-/m0/s1. The van der Waals surface area contributed by atoms with Gasteiger partial charge in [-0.1, -0.05) is 49.4 Å². The van der Waals surface area contributed by atoms with Gasteiger partial charge in [0.25, 0.3) is 0 Å². The normalized spacial score (nSPS) is 11.7. The van der Waals surface area contributed by atoms with E-state index in [9.17, 15) is 0 Å². The number of nitrogens with one attached hydrogen (secondary N) is 2. The molecule has 20 heavy (non-hydrogen) atoms. The van der Waals surface area contributed by atoms with Crippen molar-refractivity contribution in [3.8, 4) is 0 Å². The summed E-state index contributed by atoms with van der Waals surface area (Å²) in [7, 11) is 0. The summed E-state index contributed by atoms with van der Waals surface area (Å²) in [6, 6.07) is 18.6. The fraction of sp³-hybridized carbons (Fsp3) is 0.235. The molecule has 0 amide bonds. The van der Waals surface area contributed by atoms with E-state index in [0.717, 1.165) is 12.1 Å². The predicted molar refractivity (Wildman–Crippen MR) is 90.0 cm³/mol. The van der Waals surface area contributed by atoms with E-state index in [-0.39, 0.29) is 6.04 Å². The summed E-state index contributed by atoms with van der Waals surface area (Å²) in [6.45, 7) is 4.29. The minimum atomic E-state index is 0.236.